The fourth-order valence-electron chi connectivity index (χ4n) is 3.00. The number of amides is 2. The zero-order valence-corrected chi connectivity index (χ0v) is 14.7. The fraction of sp³-hybridized carbons (Fsp3) is 0.556. The fourth-order valence-corrected chi connectivity index (χ4v) is 3.00. The zero-order chi connectivity index (χ0) is 18.4. The summed E-state index contributed by atoms with van der Waals surface area (Å²) in [4.78, 5) is 25.9. The van der Waals surface area contributed by atoms with Gasteiger partial charge in [-0.05, 0) is 25.8 Å². The third-order valence-electron chi connectivity index (χ3n) is 4.43. The highest BCUT2D eigenvalue weighted by molar-refractivity contribution is 5.82. The minimum atomic E-state index is -1.12. The molecule has 2 rings (SSSR count). The summed E-state index contributed by atoms with van der Waals surface area (Å²) in [7, 11) is 0. The Morgan fingerprint density at radius 3 is 2.40 bits per heavy atom. The van der Waals surface area contributed by atoms with Crippen molar-refractivity contribution in [3.05, 3.63) is 35.9 Å². The van der Waals surface area contributed by atoms with Crippen molar-refractivity contribution in [1.29, 1.82) is 0 Å². The first-order valence-electron chi connectivity index (χ1n) is 8.53. The molecule has 7 heteroatoms. The van der Waals surface area contributed by atoms with Gasteiger partial charge < -0.3 is 20.8 Å². The Kier molecular flexibility index (Phi) is 6.52. The van der Waals surface area contributed by atoms with Crippen LogP contribution < -0.4 is 10.6 Å². The molecular weight excluding hydrogens is 322 g/mol. The number of rotatable bonds is 7. The smallest absolute Gasteiger partial charge is 0.249 e. The summed E-state index contributed by atoms with van der Waals surface area (Å²) in [6.45, 7) is 5.08. The molecule has 138 valence electrons. The standard InChI is InChI=1S/C18H27N3O4/c1-13(22)16(24)19-11-18(20-17(25)14(2)23)8-9-21(12-18)10-15-6-4-3-5-7-15/h3-7,13-14,22-23H,8-12H2,1-2H3,(H,19,24)(H,20,25)/t13-,14-,18+/m0/s1. The van der Waals surface area contributed by atoms with E-state index in [4.69, 9.17) is 0 Å². The number of likely N-dealkylation sites (tertiary alicyclic amines) is 1. The number of carbonyl (C=O) groups is 2. The second kappa shape index (κ2) is 8.42. The highest BCUT2D eigenvalue weighted by Gasteiger charge is 2.40. The van der Waals surface area contributed by atoms with Crippen LogP contribution in [0.15, 0.2) is 30.3 Å². The van der Waals surface area contributed by atoms with Gasteiger partial charge >= 0.3 is 0 Å². The Morgan fingerprint density at radius 2 is 1.80 bits per heavy atom. The van der Waals surface area contributed by atoms with Gasteiger partial charge in [0.05, 0.1) is 5.54 Å². The summed E-state index contributed by atoms with van der Waals surface area (Å²) in [6, 6.07) is 10.0. The molecule has 2 amide bonds. The first-order chi connectivity index (χ1) is 11.8. The molecule has 7 nitrogen and oxygen atoms in total. The molecule has 0 spiro atoms. The van der Waals surface area contributed by atoms with Crippen LogP contribution in [0.25, 0.3) is 0 Å². The maximum absolute atomic E-state index is 12.0. The quantitative estimate of drug-likeness (QED) is 0.538. The van der Waals surface area contributed by atoms with E-state index in [2.05, 4.69) is 15.5 Å². The van der Waals surface area contributed by atoms with Gasteiger partial charge in [0.25, 0.3) is 0 Å². The predicted octanol–water partition coefficient (Wildman–Crippen LogP) is -0.375. The number of hydrogen-bond donors (Lipinski definition) is 4. The van der Waals surface area contributed by atoms with Crippen molar-refractivity contribution in [2.24, 2.45) is 0 Å². The lowest BCUT2D eigenvalue weighted by Crippen LogP contribution is -2.59. The lowest BCUT2D eigenvalue weighted by molar-refractivity contribution is -0.132. The second-order valence-electron chi connectivity index (χ2n) is 6.79. The lowest BCUT2D eigenvalue weighted by Gasteiger charge is -2.32. The molecule has 0 bridgehead atoms. The van der Waals surface area contributed by atoms with Crippen molar-refractivity contribution in [3.63, 3.8) is 0 Å². The Bertz CT molecular complexity index is 591. The number of nitrogens with zero attached hydrogens (tertiary/aromatic N) is 1. The molecule has 0 aromatic heterocycles. The molecular formula is C18H27N3O4. The van der Waals surface area contributed by atoms with Crippen LogP contribution in [0.1, 0.15) is 25.8 Å². The van der Waals surface area contributed by atoms with Crippen molar-refractivity contribution < 1.29 is 19.8 Å². The van der Waals surface area contributed by atoms with Gasteiger partial charge in [-0.1, -0.05) is 30.3 Å². The van der Waals surface area contributed by atoms with E-state index in [-0.39, 0.29) is 6.54 Å². The molecule has 1 aromatic carbocycles. The number of nitrogens with one attached hydrogen (secondary N) is 2. The minimum absolute atomic E-state index is 0.209. The summed E-state index contributed by atoms with van der Waals surface area (Å²) in [5, 5.41) is 24.4. The zero-order valence-electron chi connectivity index (χ0n) is 14.7. The van der Waals surface area contributed by atoms with E-state index in [1.165, 1.54) is 19.4 Å². The normalized spacial score (nSPS) is 23.0. The van der Waals surface area contributed by atoms with Gasteiger partial charge in [0.15, 0.2) is 0 Å². The highest BCUT2D eigenvalue weighted by Crippen LogP contribution is 2.23. The van der Waals surface area contributed by atoms with E-state index in [9.17, 15) is 19.8 Å². The minimum Gasteiger partial charge on any atom is -0.384 e. The number of hydrogen-bond acceptors (Lipinski definition) is 5. The number of aliphatic hydroxyl groups is 2. The average molecular weight is 349 g/mol. The van der Waals surface area contributed by atoms with Crippen LogP contribution in [0.2, 0.25) is 0 Å². The topological polar surface area (TPSA) is 102 Å². The molecule has 0 unspecified atom stereocenters. The van der Waals surface area contributed by atoms with Gasteiger partial charge in [-0.2, -0.15) is 0 Å². The van der Waals surface area contributed by atoms with Crippen LogP contribution in [0.3, 0.4) is 0 Å². The third-order valence-corrected chi connectivity index (χ3v) is 4.43. The van der Waals surface area contributed by atoms with Gasteiger partial charge in [0, 0.05) is 26.2 Å². The van der Waals surface area contributed by atoms with Crippen LogP contribution in [0.5, 0.6) is 0 Å². The van der Waals surface area contributed by atoms with Gasteiger partial charge in [-0.15, -0.1) is 0 Å². The monoisotopic (exact) mass is 349 g/mol. The maximum atomic E-state index is 12.0. The Labute approximate surface area is 148 Å². The molecule has 4 N–H and O–H groups in total. The van der Waals surface area contributed by atoms with Crippen LogP contribution in [-0.4, -0.2) is 64.3 Å². The van der Waals surface area contributed by atoms with Gasteiger partial charge in [0.1, 0.15) is 12.2 Å². The molecule has 0 radical (unpaired) electrons. The summed E-state index contributed by atoms with van der Waals surface area (Å²) < 4.78 is 0. The summed E-state index contributed by atoms with van der Waals surface area (Å²) in [5.41, 5.74) is 0.515. The van der Waals surface area contributed by atoms with Crippen LogP contribution in [-0.2, 0) is 16.1 Å². The van der Waals surface area contributed by atoms with Gasteiger partial charge in [-0.25, -0.2) is 0 Å². The van der Waals surface area contributed by atoms with E-state index in [1.54, 1.807) is 0 Å². The van der Waals surface area contributed by atoms with Crippen molar-refractivity contribution >= 4 is 11.8 Å². The molecule has 1 saturated heterocycles. The van der Waals surface area contributed by atoms with Crippen molar-refractivity contribution in [1.82, 2.24) is 15.5 Å². The van der Waals surface area contributed by atoms with Crippen molar-refractivity contribution in [2.75, 3.05) is 19.6 Å². The van der Waals surface area contributed by atoms with Crippen LogP contribution in [0, 0.1) is 0 Å². The summed E-state index contributed by atoms with van der Waals surface area (Å²) >= 11 is 0. The van der Waals surface area contributed by atoms with E-state index < -0.39 is 29.6 Å². The SMILES string of the molecule is C[C@H](O)C(=O)NC[C@]1(NC(=O)[C@H](C)O)CCN(Cc2ccccc2)C1. The first kappa shape index (κ1) is 19.4. The first-order valence-corrected chi connectivity index (χ1v) is 8.53. The summed E-state index contributed by atoms with van der Waals surface area (Å²) in [6.07, 6.45) is -1.57. The maximum Gasteiger partial charge on any atom is 0.249 e. The molecule has 1 aliphatic heterocycles. The molecule has 0 aliphatic carbocycles. The second-order valence-corrected chi connectivity index (χ2v) is 6.79. The number of carbonyl (C=O) groups excluding carboxylic acids is 2. The Balaban J connectivity index is 2.04. The van der Waals surface area contributed by atoms with E-state index in [0.717, 1.165) is 13.1 Å². The Hall–Kier alpha value is -1.96. The van der Waals surface area contributed by atoms with E-state index in [0.29, 0.717) is 13.0 Å². The summed E-state index contributed by atoms with van der Waals surface area (Å²) in [5.74, 6) is -0.944. The molecule has 0 saturated carbocycles. The molecule has 1 aliphatic rings. The number of benzene rings is 1. The third kappa shape index (κ3) is 5.52. The predicted molar refractivity (Wildman–Crippen MR) is 93.6 cm³/mol. The van der Waals surface area contributed by atoms with Crippen LogP contribution >= 0.6 is 0 Å². The van der Waals surface area contributed by atoms with Crippen molar-refractivity contribution in [2.45, 2.75) is 44.6 Å². The molecule has 1 fully saturated rings. The van der Waals surface area contributed by atoms with Crippen molar-refractivity contribution in [3.8, 4) is 0 Å². The van der Waals surface area contributed by atoms with Gasteiger partial charge in [-0.3, -0.25) is 14.5 Å². The molecule has 1 aromatic rings. The van der Waals surface area contributed by atoms with E-state index in [1.807, 2.05) is 30.3 Å². The Morgan fingerprint density at radius 1 is 1.16 bits per heavy atom. The highest BCUT2D eigenvalue weighted by atomic mass is 16.3. The molecule has 1 heterocycles. The van der Waals surface area contributed by atoms with Crippen LogP contribution in [0.4, 0.5) is 0 Å². The molecule has 3 atom stereocenters. The lowest BCUT2D eigenvalue weighted by atomic mass is 9.97. The van der Waals surface area contributed by atoms with E-state index >= 15 is 0 Å². The number of aliphatic hydroxyl groups excluding tert-OH is 2. The van der Waals surface area contributed by atoms with Gasteiger partial charge in [0.2, 0.25) is 11.8 Å². The average Bonchev–Trinajstić information content (AvgIpc) is 2.96. The molecule has 25 heavy (non-hydrogen) atoms. The largest absolute Gasteiger partial charge is 0.384 e.